The molecule has 0 amide bonds. The summed E-state index contributed by atoms with van der Waals surface area (Å²) in [5.41, 5.74) is 7.70. The SMILES string of the molecule is Br.Nc1ccccc1CP. The predicted molar refractivity (Wildman–Crippen MR) is 54.6 cm³/mol. The largest absolute Gasteiger partial charge is 0.398 e. The lowest BCUT2D eigenvalue weighted by molar-refractivity contribution is 1.42. The summed E-state index contributed by atoms with van der Waals surface area (Å²) in [5.74, 6) is 0. The fourth-order valence-electron chi connectivity index (χ4n) is 0.720. The minimum absolute atomic E-state index is 0. The zero-order valence-electron chi connectivity index (χ0n) is 5.58. The molecule has 0 aliphatic carbocycles. The first-order chi connectivity index (χ1) is 4.34. The van der Waals surface area contributed by atoms with Crippen LogP contribution in [0.2, 0.25) is 0 Å². The zero-order chi connectivity index (χ0) is 6.69. The van der Waals surface area contributed by atoms with Crippen LogP contribution in [0.3, 0.4) is 0 Å². The van der Waals surface area contributed by atoms with Gasteiger partial charge in [0.15, 0.2) is 0 Å². The van der Waals surface area contributed by atoms with Crippen LogP contribution >= 0.6 is 26.2 Å². The highest BCUT2D eigenvalue weighted by Gasteiger charge is 1.90. The fraction of sp³-hybridized carbons (Fsp3) is 0.143. The number of rotatable bonds is 1. The Labute approximate surface area is 74.0 Å². The molecule has 2 N–H and O–H groups in total. The Morgan fingerprint density at radius 1 is 1.30 bits per heavy atom. The number of nitrogens with two attached hydrogens (primary N) is 1. The van der Waals surface area contributed by atoms with E-state index >= 15 is 0 Å². The molecule has 1 rings (SSSR count). The van der Waals surface area contributed by atoms with Gasteiger partial charge in [0, 0.05) is 5.69 Å². The molecule has 0 saturated carbocycles. The summed E-state index contributed by atoms with van der Waals surface area (Å²) in [5, 5.41) is 0. The smallest absolute Gasteiger partial charge is 0.0349 e. The summed E-state index contributed by atoms with van der Waals surface area (Å²) < 4.78 is 0. The molecule has 1 nitrogen and oxygen atoms in total. The highest BCUT2D eigenvalue weighted by Crippen LogP contribution is 2.13. The molecule has 0 bridgehead atoms. The van der Waals surface area contributed by atoms with E-state index in [1.165, 1.54) is 5.56 Å². The molecular weight excluding hydrogens is 209 g/mol. The summed E-state index contributed by atoms with van der Waals surface area (Å²) in [4.78, 5) is 0. The van der Waals surface area contributed by atoms with Crippen LogP contribution in [0.15, 0.2) is 24.3 Å². The van der Waals surface area contributed by atoms with Gasteiger partial charge in [0.25, 0.3) is 0 Å². The van der Waals surface area contributed by atoms with Crippen molar-refractivity contribution in [1.29, 1.82) is 0 Å². The molecule has 0 saturated heterocycles. The van der Waals surface area contributed by atoms with Crippen molar-refractivity contribution >= 4 is 31.9 Å². The number of anilines is 1. The molecule has 0 fully saturated rings. The molecule has 0 radical (unpaired) electrons. The Balaban J connectivity index is 0.000000810. The third-order valence-electron chi connectivity index (χ3n) is 1.28. The lowest BCUT2D eigenvalue weighted by Crippen LogP contribution is -1.89. The van der Waals surface area contributed by atoms with Gasteiger partial charge in [-0.2, -0.15) is 0 Å². The molecule has 1 aromatic carbocycles. The minimum atomic E-state index is 0. The van der Waals surface area contributed by atoms with Gasteiger partial charge in [0.2, 0.25) is 0 Å². The average Bonchev–Trinajstić information content (AvgIpc) is 1.89. The maximum Gasteiger partial charge on any atom is 0.0349 e. The zero-order valence-corrected chi connectivity index (χ0v) is 8.45. The summed E-state index contributed by atoms with van der Waals surface area (Å²) in [6, 6.07) is 7.89. The first kappa shape index (κ1) is 9.93. The monoisotopic (exact) mass is 219 g/mol. The number of halogens is 1. The van der Waals surface area contributed by atoms with Gasteiger partial charge in [-0.05, 0) is 17.8 Å². The molecule has 1 aromatic rings. The Morgan fingerprint density at radius 3 is 2.30 bits per heavy atom. The van der Waals surface area contributed by atoms with Crippen molar-refractivity contribution in [1.82, 2.24) is 0 Å². The molecule has 0 aliphatic rings. The molecule has 3 heteroatoms. The summed E-state index contributed by atoms with van der Waals surface area (Å²) >= 11 is 0. The van der Waals surface area contributed by atoms with Crippen LogP contribution in [0, 0.1) is 0 Å². The van der Waals surface area contributed by atoms with E-state index < -0.39 is 0 Å². The molecule has 10 heavy (non-hydrogen) atoms. The van der Waals surface area contributed by atoms with Crippen LogP contribution in [0.1, 0.15) is 5.56 Å². The normalized spacial score (nSPS) is 8.50. The van der Waals surface area contributed by atoms with E-state index in [0.29, 0.717) is 0 Å². The van der Waals surface area contributed by atoms with Crippen molar-refractivity contribution in [2.75, 3.05) is 5.73 Å². The number of benzene rings is 1. The first-order valence-corrected chi connectivity index (χ1v) is 3.69. The average molecular weight is 220 g/mol. The van der Waals surface area contributed by atoms with Gasteiger partial charge in [-0.15, -0.1) is 26.2 Å². The number of hydrogen-bond acceptors (Lipinski definition) is 1. The van der Waals surface area contributed by atoms with Crippen LogP contribution in [0.5, 0.6) is 0 Å². The van der Waals surface area contributed by atoms with E-state index in [0.717, 1.165) is 11.8 Å². The predicted octanol–water partition coefficient (Wildman–Crippen LogP) is 2.22. The first-order valence-electron chi connectivity index (χ1n) is 2.88. The second-order valence-corrected chi connectivity index (χ2v) is 2.31. The van der Waals surface area contributed by atoms with E-state index in [1.807, 2.05) is 24.3 Å². The van der Waals surface area contributed by atoms with Gasteiger partial charge in [-0.1, -0.05) is 18.2 Å². The third-order valence-corrected chi connectivity index (χ3v) is 1.71. The van der Waals surface area contributed by atoms with E-state index in [4.69, 9.17) is 5.73 Å². The van der Waals surface area contributed by atoms with Crippen molar-refractivity contribution in [3.8, 4) is 0 Å². The Hall–Kier alpha value is -0.0700. The summed E-state index contributed by atoms with van der Waals surface area (Å²) in [6.07, 6.45) is 0.937. The van der Waals surface area contributed by atoms with Crippen LogP contribution in [-0.4, -0.2) is 0 Å². The van der Waals surface area contributed by atoms with Crippen LogP contribution in [0.25, 0.3) is 0 Å². The molecule has 0 spiro atoms. The van der Waals surface area contributed by atoms with E-state index in [2.05, 4.69) is 9.24 Å². The molecule has 56 valence electrons. The van der Waals surface area contributed by atoms with Gasteiger partial charge >= 0.3 is 0 Å². The van der Waals surface area contributed by atoms with Gasteiger partial charge in [0.05, 0.1) is 0 Å². The van der Waals surface area contributed by atoms with Gasteiger partial charge < -0.3 is 5.73 Å². The molecule has 0 aromatic heterocycles. The van der Waals surface area contributed by atoms with Gasteiger partial charge in [0.1, 0.15) is 0 Å². The van der Waals surface area contributed by atoms with E-state index in [1.54, 1.807) is 0 Å². The van der Waals surface area contributed by atoms with Crippen LogP contribution in [-0.2, 0) is 6.16 Å². The number of para-hydroxylation sites is 1. The molecule has 0 aliphatic heterocycles. The quantitative estimate of drug-likeness (QED) is 0.569. The topological polar surface area (TPSA) is 26.0 Å². The Morgan fingerprint density at radius 2 is 1.90 bits per heavy atom. The van der Waals surface area contributed by atoms with Crippen LogP contribution in [0.4, 0.5) is 5.69 Å². The maximum atomic E-state index is 5.62. The lowest BCUT2D eigenvalue weighted by Gasteiger charge is -1.98. The van der Waals surface area contributed by atoms with E-state index in [-0.39, 0.29) is 17.0 Å². The second kappa shape index (κ2) is 4.70. The Bertz CT molecular complexity index is 203. The minimum Gasteiger partial charge on any atom is -0.398 e. The van der Waals surface area contributed by atoms with E-state index in [9.17, 15) is 0 Å². The number of nitrogen functional groups attached to an aromatic ring is 1. The highest BCUT2D eigenvalue weighted by atomic mass is 79.9. The second-order valence-electron chi connectivity index (χ2n) is 1.90. The van der Waals surface area contributed by atoms with Crippen molar-refractivity contribution < 1.29 is 0 Å². The van der Waals surface area contributed by atoms with Crippen molar-refractivity contribution in [2.24, 2.45) is 0 Å². The van der Waals surface area contributed by atoms with Gasteiger partial charge in [-0.3, -0.25) is 0 Å². The van der Waals surface area contributed by atoms with Crippen molar-refractivity contribution in [3.63, 3.8) is 0 Å². The molecule has 0 heterocycles. The number of hydrogen-bond donors (Lipinski definition) is 1. The standard InChI is InChI=1S/C7H10NP.BrH/c8-7-4-2-1-3-6(7)5-9;/h1-4H,5,8-9H2;1H. The molecular formula is C7H11BrNP. The van der Waals surface area contributed by atoms with Gasteiger partial charge in [-0.25, -0.2) is 0 Å². The molecule has 1 atom stereocenters. The van der Waals surface area contributed by atoms with Crippen molar-refractivity contribution in [2.45, 2.75) is 6.16 Å². The third kappa shape index (κ3) is 2.28. The summed E-state index contributed by atoms with van der Waals surface area (Å²) in [6.45, 7) is 0. The Kier molecular flexibility index (Phi) is 4.67. The highest BCUT2D eigenvalue weighted by molar-refractivity contribution is 8.93. The fourth-order valence-corrected chi connectivity index (χ4v) is 1.09. The maximum absolute atomic E-state index is 5.62. The lowest BCUT2D eigenvalue weighted by atomic mass is 10.2. The van der Waals surface area contributed by atoms with Crippen LogP contribution < -0.4 is 5.73 Å². The molecule has 1 unspecified atom stereocenters. The van der Waals surface area contributed by atoms with Crippen molar-refractivity contribution in [3.05, 3.63) is 29.8 Å². The summed E-state index contributed by atoms with van der Waals surface area (Å²) in [7, 11) is 2.65.